The number of amides is 1. The largest absolute Gasteiger partial charge is 0.378 e. The van der Waals surface area contributed by atoms with Crippen LogP contribution in [0.2, 0.25) is 5.02 Å². The number of morpholine rings is 1. The van der Waals surface area contributed by atoms with Gasteiger partial charge in [0.15, 0.2) is 0 Å². The van der Waals surface area contributed by atoms with E-state index in [1.54, 1.807) is 4.90 Å². The summed E-state index contributed by atoms with van der Waals surface area (Å²) in [6.45, 7) is 1.69. The Labute approximate surface area is 162 Å². The van der Waals surface area contributed by atoms with E-state index in [9.17, 15) is 17.6 Å². The fourth-order valence-corrected chi connectivity index (χ4v) is 4.13. The zero-order valence-corrected chi connectivity index (χ0v) is 16.1. The Morgan fingerprint density at radius 1 is 1.15 bits per heavy atom. The molecule has 1 saturated heterocycles. The van der Waals surface area contributed by atoms with Gasteiger partial charge in [0.25, 0.3) is 15.9 Å². The molecule has 144 valence electrons. The highest BCUT2D eigenvalue weighted by molar-refractivity contribution is 7.92. The van der Waals surface area contributed by atoms with Crippen LogP contribution >= 0.6 is 11.6 Å². The van der Waals surface area contributed by atoms with Crippen molar-refractivity contribution in [2.24, 2.45) is 0 Å². The first-order valence-electron chi connectivity index (χ1n) is 8.22. The van der Waals surface area contributed by atoms with Crippen LogP contribution in [0.4, 0.5) is 10.1 Å². The number of hydrogen-bond donors (Lipinski definition) is 0. The van der Waals surface area contributed by atoms with Gasteiger partial charge in [-0.25, -0.2) is 12.8 Å². The van der Waals surface area contributed by atoms with Gasteiger partial charge in [0, 0.05) is 20.1 Å². The summed E-state index contributed by atoms with van der Waals surface area (Å²) in [4.78, 5) is 14.2. The van der Waals surface area contributed by atoms with Crippen molar-refractivity contribution < 1.29 is 22.3 Å². The molecule has 0 aromatic heterocycles. The summed E-state index contributed by atoms with van der Waals surface area (Å²) in [7, 11) is -2.59. The fraction of sp³-hybridized carbons (Fsp3) is 0.278. The molecule has 1 fully saturated rings. The quantitative estimate of drug-likeness (QED) is 0.774. The van der Waals surface area contributed by atoms with Crippen molar-refractivity contribution >= 4 is 33.2 Å². The highest BCUT2D eigenvalue weighted by atomic mass is 35.5. The molecule has 1 aliphatic heterocycles. The van der Waals surface area contributed by atoms with Crippen molar-refractivity contribution in [1.29, 1.82) is 0 Å². The van der Waals surface area contributed by atoms with Crippen LogP contribution < -0.4 is 4.31 Å². The van der Waals surface area contributed by atoms with Crippen molar-refractivity contribution in [3.63, 3.8) is 0 Å². The number of ether oxygens (including phenoxy) is 1. The molecule has 27 heavy (non-hydrogen) atoms. The summed E-state index contributed by atoms with van der Waals surface area (Å²) >= 11 is 6.15. The fourth-order valence-electron chi connectivity index (χ4n) is 2.71. The van der Waals surface area contributed by atoms with Crippen LogP contribution in [0.3, 0.4) is 0 Å². The highest BCUT2D eigenvalue weighted by Gasteiger charge is 2.26. The third-order valence-electron chi connectivity index (χ3n) is 4.32. The third-order valence-corrected chi connectivity index (χ3v) is 6.43. The molecule has 3 rings (SSSR count). The summed E-state index contributed by atoms with van der Waals surface area (Å²) in [6.07, 6.45) is 0. The number of nitrogens with zero attached hydrogens (tertiary/aromatic N) is 2. The molecule has 1 aliphatic rings. The van der Waals surface area contributed by atoms with Gasteiger partial charge in [-0.1, -0.05) is 11.6 Å². The van der Waals surface area contributed by atoms with E-state index in [0.717, 1.165) is 4.31 Å². The van der Waals surface area contributed by atoms with Crippen molar-refractivity contribution in [3.05, 3.63) is 58.9 Å². The van der Waals surface area contributed by atoms with Gasteiger partial charge in [-0.05, 0) is 42.5 Å². The zero-order chi connectivity index (χ0) is 19.6. The predicted molar refractivity (Wildman–Crippen MR) is 100 cm³/mol. The highest BCUT2D eigenvalue weighted by Crippen LogP contribution is 2.27. The number of rotatable bonds is 4. The Hall–Kier alpha value is -2.16. The monoisotopic (exact) mass is 412 g/mol. The summed E-state index contributed by atoms with van der Waals surface area (Å²) < 4.78 is 45.2. The van der Waals surface area contributed by atoms with Crippen LogP contribution in [0, 0.1) is 5.82 Å². The van der Waals surface area contributed by atoms with Gasteiger partial charge >= 0.3 is 0 Å². The molecule has 0 atom stereocenters. The minimum absolute atomic E-state index is 0.0738. The lowest BCUT2D eigenvalue weighted by molar-refractivity contribution is 0.0303. The topological polar surface area (TPSA) is 66.9 Å². The molecule has 0 N–H and O–H groups in total. The van der Waals surface area contributed by atoms with Crippen LogP contribution in [-0.4, -0.2) is 52.6 Å². The van der Waals surface area contributed by atoms with Gasteiger partial charge in [-0.3, -0.25) is 9.10 Å². The minimum atomic E-state index is -3.95. The zero-order valence-electron chi connectivity index (χ0n) is 14.6. The molecule has 0 saturated carbocycles. The van der Waals surface area contributed by atoms with E-state index >= 15 is 0 Å². The van der Waals surface area contributed by atoms with Crippen LogP contribution in [0.25, 0.3) is 0 Å². The second-order valence-electron chi connectivity index (χ2n) is 6.00. The Morgan fingerprint density at radius 3 is 2.41 bits per heavy atom. The number of benzene rings is 2. The van der Waals surface area contributed by atoms with E-state index in [0.29, 0.717) is 32.0 Å². The average Bonchev–Trinajstić information content (AvgIpc) is 2.68. The van der Waals surface area contributed by atoms with E-state index in [-0.39, 0.29) is 21.4 Å². The molecule has 0 bridgehead atoms. The number of anilines is 1. The number of halogens is 2. The maximum Gasteiger partial charge on any atom is 0.264 e. The first kappa shape index (κ1) is 19.6. The lowest BCUT2D eigenvalue weighted by Gasteiger charge is -2.27. The summed E-state index contributed by atoms with van der Waals surface area (Å²) in [5.41, 5.74) is 0.416. The van der Waals surface area contributed by atoms with Gasteiger partial charge < -0.3 is 9.64 Å². The van der Waals surface area contributed by atoms with E-state index in [1.165, 1.54) is 49.5 Å². The lowest BCUT2D eigenvalue weighted by Crippen LogP contribution is -2.40. The Kier molecular flexibility index (Phi) is 5.69. The molecular formula is C18H18ClFN2O4S. The maximum atomic E-state index is 13.1. The Balaban J connectivity index is 1.94. The van der Waals surface area contributed by atoms with Crippen molar-refractivity contribution in [2.45, 2.75) is 4.90 Å². The molecule has 2 aromatic carbocycles. The molecule has 6 nitrogen and oxygen atoms in total. The molecule has 0 radical (unpaired) electrons. The van der Waals surface area contributed by atoms with Crippen LogP contribution in [0.5, 0.6) is 0 Å². The molecule has 0 aliphatic carbocycles. The van der Waals surface area contributed by atoms with E-state index in [4.69, 9.17) is 16.3 Å². The molecular weight excluding hydrogens is 395 g/mol. The first-order chi connectivity index (χ1) is 12.8. The minimum Gasteiger partial charge on any atom is -0.378 e. The normalized spacial score (nSPS) is 14.9. The SMILES string of the molecule is CN(c1ccc(F)cc1)S(=O)(=O)c1ccc(Cl)c(C(=O)N2CCOCC2)c1. The molecule has 0 spiro atoms. The molecule has 1 amide bonds. The Morgan fingerprint density at radius 2 is 1.78 bits per heavy atom. The van der Waals surface area contributed by atoms with Gasteiger partial charge in [-0.2, -0.15) is 0 Å². The molecule has 0 unspecified atom stereocenters. The van der Waals surface area contributed by atoms with E-state index < -0.39 is 15.8 Å². The lowest BCUT2D eigenvalue weighted by atomic mass is 10.2. The van der Waals surface area contributed by atoms with Crippen LogP contribution in [-0.2, 0) is 14.8 Å². The smallest absolute Gasteiger partial charge is 0.264 e. The second-order valence-corrected chi connectivity index (χ2v) is 8.37. The summed E-state index contributed by atoms with van der Waals surface area (Å²) in [6, 6.07) is 9.09. The second kappa shape index (κ2) is 7.84. The van der Waals surface area contributed by atoms with Gasteiger partial charge in [-0.15, -0.1) is 0 Å². The predicted octanol–water partition coefficient (Wildman–Crippen LogP) is 2.78. The van der Waals surface area contributed by atoms with E-state index in [1.807, 2.05) is 0 Å². The number of sulfonamides is 1. The number of carbonyl (C=O) groups excluding carboxylic acids is 1. The first-order valence-corrected chi connectivity index (χ1v) is 10.0. The van der Waals surface area contributed by atoms with Crippen LogP contribution in [0.15, 0.2) is 47.4 Å². The van der Waals surface area contributed by atoms with Gasteiger partial charge in [0.2, 0.25) is 0 Å². The van der Waals surface area contributed by atoms with Gasteiger partial charge in [0.1, 0.15) is 5.82 Å². The van der Waals surface area contributed by atoms with Gasteiger partial charge in [0.05, 0.1) is 34.4 Å². The summed E-state index contributed by atoms with van der Waals surface area (Å²) in [5.74, 6) is -0.806. The third kappa shape index (κ3) is 4.07. The number of carbonyl (C=O) groups is 1. The maximum absolute atomic E-state index is 13.1. The van der Waals surface area contributed by atoms with E-state index in [2.05, 4.69) is 0 Å². The number of hydrogen-bond acceptors (Lipinski definition) is 4. The van der Waals surface area contributed by atoms with Crippen molar-refractivity contribution in [3.8, 4) is 0 Å². The van der Waals surface area contributed by atoms with Crippen LogP contribution in [0.1, 0.15) is 10.4 Å². The van der Waals surface area contributed by atoms with Crippen molar-refractivity contribution in [2.75, 3.05) is 37.7 Å². The summed E-state index contributed by atoms with van der Waals surface area (Å²) in [5, 5.41) is 0.176. The standard InChI is InChI=1S/C18H18ClFN2O4S/c1-21(14-4-2-13(20)3-5-14)27(24,25)15-6-7-17(19)16(12-15)18(23)22-8-10-26-11-9-22/h2-7,12H,8-11H2,1H3. The molecule has 1 heterocycles. The van der Waals surface area contributed by atoms with Crippen molar-refractivity contribution in [1.82, 2.24) is 4.90 Å². The molecule has 9 heteroatoms. The molecule has 2 aromatic rings. The average molecular weight is 413 g/mol. The Bertz CT molecular complexity index is 944.